The fourth-order valence-electron chi connectivity index (χ4n) is 4.22. The molecule has 0 aromatic heterocycles. The second kappa shape index (κ2) is 7.18. The van der Waals surface area contributed by atoms with E-state index in [2.05, 4.69) is 19.2 Å². The highest BCUT2D eigenvalue weighted by Gasteiger charge is 2.43. The van der Waals surface area contributed by atoms with Gasteiger partial charge < -0.3 is 15.1 Å². The molecule has 3 amide bonds. The molecule has 1 unspecified atom stereocenters. The molecular formula is C19H29N3O3. The Morgan fingerprint density at radius 2 is 2.08 bits per heavy atom. The smallest absolute Gasteiger partial charge is 0.251 e. The number of amides is 3. The molecule has 0 saturated carbocycles. The summed E-state index contributed by atoms with van der Waals surface area (Å²) in [6, 6.07) is 0. The van der Waals surface area contributed by atoms with E-state index in [0.29, 0.717) is 24.5 Å². The van der Waals surface area contributed by atoms with Gasteiger partial charge in [-0.1, -0.05) is 13.8 Å². The van der Waals surface area contributed by atoms with Gasteiger partial charge in [-0.15, -0.1) is 0 Å². The summed E-state index contributed by atoms with van der Waals surface area (Å²) < 4.78 is 0. The predicted molar refractivity (Wildman–Crippen MR) is 94.4 cm³/mol. The summed E-state index contributed by atoms with van der Waals surface area (Å²) in [7, 11) is 0. The van der Waals surface area contributed by atoms with Crippen LogP contribution in [0.25, 0.3) is 0 Å². The Kier molecular flexibility index (Phi) is 5.16. The van der Waals surface area contributed by atoms with E-state index in [9.17, 15) is 14.4 Å². The highest BCUT2D eigenvalue weighted by Crippen LogP contribution is 2.39. The monoisotopic (exact) mass is 347 g/mol. The summed E-state index contributed by atoms with van der Waals surface area (Å²) in [4.78, 5) is 40.3. The Balaban J connectivity index is 1.65. The van der Waals surface area contributed by atoms with Crippen molar-refractivity contribution in [3.8, 4) is 0 Å². The van der Waals surface area contributed by atoms with Crippen LogP contribution in [0, 0.1) is 11.3 Å². The van der Waals surface area contributed by atoms with E-state index in [4.69, 9.17) is 0 Å². The van der Waals surface area contributed by atoms with Gasteiger partial charge in [0.05, 0.1) is 6.42 Å². The molecule has 3 aliphatic heterocycles. The Bertz CT molecular complexity index is 599. The first kappa shape index (κ1) is 18.0. The van der Waals surface area contributed by atoms with Crippen molar-refractivity contribution in [3.05, 3.63) is 11.8 Å². The number of carbonyl (C=O) groups is 3. The Hall–Kier alpha value is -1.85. The van der Waals surface area contributed by atoms with Crippen molar-refractivity contribution in [3.63, 3.8) is 0 Å². The maximum absolute atomic E-state index is 12.7. The molecule has 1 atom stereocenters. The molecule has 3 rings (SSSR count). The molecule has 1 spiro atoms. The normalized spacial score (nSPS) is 27.1. The summed E-state index contributed by atoms with van der Waals surface area (Å²) in [5, 5.41) is 2.60. The largest absolute Gasteiger partial charge is 0.342 e. The van der Waals surface area contributed by atoms with Gasteiger partial charge in [-0.3, -0.25) is 14.4 Å². The van der Waals surface area contributed by atoms with Crippen molar-refractivity contribution in [2.45, 2.75) is 52.4 Å². The van der Waals surface area contributed by atoms with E-state index in [1.165, 1.54) is 0 Å². The number of nitrogens with zero attached hydrogens (tertiary/aromatic N) is 2. The maximum atomic E-state index is 12.7. The lowest BCUT2D eigenvalue weighted by Crippen LogP contribution is -2.55. The fourth-order valence-corrected chi connectivity index (χ4v) is 4.22. The molecule has 0 bridgehead atoms. The van der Waals surface area contributed by atoms with Gasteiger partial charge >= 0.3 is 0 Å². The lowest BCUT2D eigenvalue weighted by molar-refractivity contribution is -0.142. The number of hydrogen-bond donors (Lipinski definition) is 1. The van der Waals surface area contributed by atoms with Gasteiger partial charge in [0, 0.05) is 49.8 Å². The molecule has 3 heterocycles. The van der Waals surface area contributed by atoms with Crippen LogP contribution in [-0.4, -0.2) is 53.7 Å². The zero-order valence-corrected chi connectivity index (χ0v) is 15.3. The number of piperidine rings is 2. The summed E-state index contributed by atoms with van der Waals surface area (Å²) in [5.74, 6) is 0.693. The molecule has 1 N–H and O–H groups in total. The average Bonchev–Trinajstić information content (AvgIpc) is 3.02. The van der Waals surface area contributed by atoms with Gasteiger partial charge in [-0.25, -0.2) is 0 Å². The molecule has 2 fully saturated rings. The van der Waals surface area contributed by atoms with E-state index in [0.717, 1.165) is 45.3 Å². The summed E-state index contributed by atoms with van der Waals surface area (Å²) in [6.45, 7) is 7.37. The van der Waals surface area contributed by atoms with Gasteiger partial charge in [0.25, 0.3) is 5.91 Å². The molecule has 0 aromatic rings. The highest BCUT2D eigenvalue weighted by atomic mass is 16.2. The van der Waals surface area contributed by atoms with Crippen LogP contribution in [0.2, 0.25) is 0 Å². The van der Waals surface area contributed by atoms with Gasteiger partial charge in [0.15, 0.2) is 0 Å². The molecule has 2 saturated heterocycles. The lowest BCUT2D eigenvalue weighted by atomic mass is 9.73. The Labute approximate surface area is 149 Å². The van der Waals surface area contributed by atoms with Crippen molar-refractivity contribution >= 4 is 17.7 Å². The second-order valence-electron chi connectivity index (χ2n) is 8.24. The summed E-state index contributed by atoms with van der Waals surface area (Å²) >= 11 is 0. The summed E-state index contributed by atoms with van der Waals surface area (Å²) in [5.41, 5.74) is 0.584. The first-order valence-corrected chi connectivity index (χ1v) is 9.44. The van der Waals surface area contributed by atoms with E-state index in [1.54, 1.807) is 6.20 Å². The second-order valence-corrected chi connectivity index (χ2v) is 8.24. The number of rotatable bonds is 4. The highest BCUT2D eigenvalue weighted by molar-refractivity contribution is 6.01. The van der Waals surface area contributed by atoms with E-state index in [1.807, 2.05) is 9.80 Å². The predicted octanol–water partition coefficient (Wildman–Crippen LogP) is 1.67. The topological polar surface area (TPSA) is 69.7 Å². The van der Waals surface area contributed by atoms with Gasteiger partial charge in [0.1, 0.15) is 0 Å². The molecule has 6 nitrogen and oxygen atoms in total. The van der Waals surface area contributed by atoms with E-state index < -0.39 is 0 Å². The molecule has 0 radical (unpaired) electrons. The zero-order valence-electron chi connectivity index (χ0n) is 15.3. The van der Waals surface area contributed by atoms with Gasteiger partial charge in [-0.2, -0.15) is 0 Å². The minimum absolute atomic E-state index is 0.0232. The standard InChI is InChI=1S/C19H29N3O3/c1-14(2)5-9-21-12-19(7-4-17(21)24)6-3-8-22(13-19)18(25)15-10-16(23)20-11-15/h11,14H,3-10,12-13H2,1-2H3,(H,20,23). The van der Waals surface area contributed by atoms with Crippen LogP contribution >= 0.6 is 0 Å². The van der Waals surface area contributed by atoms with Crippen LogP contribution in [0.4, 0.5) is 0 Å². The molecular weight excluding hydrogens is 318 g/mol. The molecule has 138 valence electrons. The molecule has 3 aliphatic rings. The Morgan fingerprint density at radius 1 is 1.28 bits per heavy atom. The van der Waals surface area contributed by atoms with Crippen LogP contribution in [0.1, 0.15) is 52.4 Å². The van der Waals surface area contributed by atoms with E-state index in [-0.39, 0.29) is 29.6 Å². The average molecular weight is 347 g/mol. The molecule has 0 aliphatic carbocycles. The van der Waals surface area contributed by atoms with Crippen LogP contribution in [0.5, 0.6) is 0 Å². The molecule has 25 heavy (non-hydrogen) atoms. The molecule has 0 aromatic carbocycles. The van der Waals surface area contributed by atoms with Crippen molar-refractivity contribution in [2.75, 3.05) is 26.2 Å². The zero-order chi connectivity index (χ0) is 18.0. The number of nitrogens with one attached hydrogen (secondary N) is 1. The van der Waals surface area contributed by atoms with Crippen molar-refractivity contribution in [2.24, 2.45) is 11.3 Å². The van der Waals surface area contributed by atoms with Crippen molar-refractivity contribution < 1.29 is 14.4 Å². The number of carbonyl (C=O) groups excluding carboxylic acids is 3. The van der Waals surface area contributed by atoms with Crippen molar-refractivity contribution in [1.29, 1.82) is 0 Å². The number of hydrogen-bond acceptors (Lipinski definition) is 3. The summed E-state index contributed by atoms with van der Waals surface area (Å²) in [6.07, 6.45) is 6.23. The lowest BCUT2D eigenvalue weighted by Gasteiger charge is -2.48. The quantitative estimate of drug-likeness (QED) is 0.841. The van der Waals surface area contributed by atoms with E-state index >= 15 is 0 Å². The fraction of sp³-hybridized carbons (Fsp3) is 0.737. The van der Waals surface area contributed by atoms with Crippen LogP contribution in [-0.2, 0) is 14.4 Å². The minimum atomic E-state index is -0.113. The Morgan fingerprint density at radius 3 is 2.76 bits per heavy atom. The van der Waals surface area contributed by atoms with Gasteiger partial charge in [-0.05, 0) is 31.6 Å². The third-order valence-electron chi connectivity index (χ3n) is 5.71. The van der Waals surface area contributed by atoms with Crippen LogP contribution in [0.15, 0.2) is 11.8 Å². The van der Waals surface area contributed by atoms with Crippen molar-refractivity contribution in [1.82, 2.24) is 15.1 Å². The van der Waals surface area contributed by atoms with Crippen LogP contribution in [0.3, 0.4) is 0 Å². The third kappa shape index (κ3) is 4.05. The first-order chi connectivity index (χ1) is 11.9. The first-order valence-electron chi connectivity index (χ1n) is 9.44. The van der Waals surface area contributed by atoms with Crippen LogP contribution < -0.4 is 5.32 Å². The maximum Gasteiger partial charge on any atom is 0.251 e. The minimum Gasteiger partial charge on any atom is -0.342 e. The SMILES string of the molecule is CC(C)CCN1CC2(CCCN(C(=O)C3=CNC(=O)C3)C2)CCC1=O. The number of likely N-dealkylation sites (tertiary alicyclic amines) is 2. The third-order valence-corrected chi connectivity index (χ3v) is 5.71. The van der Waals surface area contributed by atoms with Gasteiger partial charge in [0.2, 0.25) is 11.8 Å². The molecule has 6 heteroatoms.